The van der Waals surface area contributed by atoms with Crippen LogP contribution in [0.3, 0.4) is 0 Å². The fraction of sp³-hybridized carbons (Fsp3) is 0.750. The number of nitrogens with zero attached hydrogens (tertiary/aromatic N) is 3. The first-order valence-electron chi connectivity index (χ1n) is 4.76. The lowest BCUT2D eigenvalue weighted by atomic mass is 10.4. The van der Waals surface area contributed by atoms with Crippen molar-refractivity contribution in [1.82, 2.24) is 20.5 Å². The van der Waals surface area contributed by atoms with Gasteiger partial charge in [0.25, 0.3) is 0 Å². The van der Waals surface area contributed by atoms with Crippen molar-refractivity contribution in [3.63, 3.8) is 0 Å². The Hall–Kier alpha value is -1.14. The van der Waals surface area contributed by atoms with Gasteiger partial charge in [0.15, 0.2) is 5.82 Å². The summed E-state index contributed by atoms with van der Waals surface area (Å²) >= 11 is 0. The van der Waals surface area contributed by atoms with Crippen LogP contribution in [0.4, 0.5) is 5.95 Å². The molecule has 0 atom stereocenters. The van der Waals surface area contributed by atoms with E-state index in [1.165, 1.54) is 0 Å². The quantitative estimate of drug-likeness (QED) is 0.674. The summed E-state index contributed by atoms with van der Waals surface area (Å²) in [5, 5.41) is 10.3. The Morgan fingerprint density at radius 3 is 2.93 bits per heavy atom. The Balaban J connectivity index is 2.00. The van der Waals surface area contributed by atoms with Crippen molar-refractivity contribution in [3.05, 3.63) is 5.82 Å². The molecule has 0 saturated carbocycles. The van der Waals surface area contributed by atoms with Crippen LogP contribution in [-0.2, 0) is 11.3 Å². The molecule has 2 heterocycles. The third-order valence-corrected chi connectivity index (χ3v) is 2.20. The average molecular weight is 197 g/mol. The molecule has 0 radical (unpaired) electrons. The summed E-state index contributed by atoms with van der Waals surface area (Å²) in [6, 6.07) is 0. The fourth-order valence-electron chi connectivity index (χ4n) is 1.49. The number of aromatic nitrogens is 3. The lowest BCUT2D eigenvalue weighted by molar-refractivity contribution is 0.178. The summed E-state index contributed by atoms with van der Waals surface area (Å²) in [6.45, 7) is 4.40. The van der Waals surface area contributed by atoms with Gasteiger partial charge in [0, 0.05) is 33.3 Å². The van der Waals surface area contributed by atoms with Gasteiger partial charge in [-0.2, -0.15) is 4.98 Å². The van der Waals surface area contributed by atoms with E-state index >= 15 is 0 Å². The number of piperazine rings is 1. The normalized spacial score (nSPS) is 17.4. The first-order valence-corrected chi connectivity index (χ1v) is 4.76. The van der Waals surface area contributed by atoms with Crippen molar-refractivity contribution < 1.29 is 4.74 Å². The van der Waals surface area contributed by atoms with Gasteiger partial charge in [0.2, 0.25) is 5.95 Å². The van der Waals surface area contributed by atoms with Crippen LogP contribution in [0.2, 0.25) is 0 Å². The molecule has 0 unspecified atom stereocenters. The molecule has 1 fully saturated rings. The minimum Gasteiger partial charge on any atom is -0.377 e. The minimum atomic E-state index is 0.485. The third-order valence-electron chi connectivity index (χ3n) is 2.20. The molecular weight excluding hydrogens is 182 g/mol. The Bertz CT molecular complexity index is 281. The number of aromatic amines is 1. The van der Waals surface area contributed by atoms with Gasteiger partial charge in [-0.25, -0.2) is 0 Å². The molecule has 1 saturated heterocycles. The van der Waals surface area contributed by atoms with E-state index in [-0.39, 0.29) is 0 Å². The zero-order valence-electron chi connectivity index (χ0n) is 8.29. The zero-order chi connectivity index (χ0) is 9.80. The van der Waals surface area contributed by atoms with Crippen LogP contribution in [0.25, 0.3) is 0 Å². The van der Waals surface area contributed by atoms with Gasteiger partial charge in [0.1, 0.15) is 6.61 Å². The van der Waals surface area contributed by atoms with Crippen LogP contribution in [0, 0.1) is 0 Å². The summed E-state index contributed by atoms with van der Waals surface area (Å²) in [5.74, 6) is 1.56. The monoisotopic (exact) mass is 197 g/mol. The van der Waals surface area contributed by atoms with Crippen molar-refractivity contribution in [2.75, 3.05) is 38.2 Å². The van der Waals surface area contributed by atoms with Crippen LogP contribution < -0.4 is 10.2 Å². The molecule has 0 amide bonds. The molecule has 1 aliphatic rings. The molecule has 0 bridgehead atoms. The smallest absolute Gasteiger partial charge is 0.244 e. The molecular formula is C8H15N5O. The second-order valence-electron chi connectivity index (χ2n) is 3.25. The molecule has 6 heteroatoms. The molecule has 1 aromatic rings. The van der Waals surface area contributed by atoms with Gasteiger partial charge in [0.05, 0.1) is 0 Å². The maximum atomic E-state index is 4.96. The van der Waals surface area contributed by atoms with Crippen molar-refractivity contribution in [2.45, 2.75) is 6.61 Å². The number of hydrogen-bond acceptors (Lipinski definition) is 5. The second kappa shape index (κ2) is 4.39. The van der Waals surface area contributed by atoms with E-state index in [9.17, 15) is 0 Å². The molecule has 2 N–H and O–H groups in total. The summed E-state index contributed by atoms with van der Waals surface area (Å²) in [6.07, 6.45) is 0. The van der Waals surface area contributed by atoms with E-state index < -0.39 is 0 Å². The van der Waals surface area contributed by atoms with Crippen LogP contribution in [0.1, 0.15) is 5.82 Å². The number of anilines is 1. The highest BCUT2D eigenvalue weighted by Crippen LogP contribution is 2.07. The van der Waals surface area contributed by atoms with Crippen LogP contribution in [-0.4, -0.2) is 48.5 Å². The zero-order valence-corrected chi connectivity index (χ0v) is 8.29. The van der Waals surface area contributed by atoms with E-state index in [1.807, 2.05) is 0 Å². The predicted molar refractivity (Wildman–Crippen MR) is 52.2 cm³/mol. The van der Waals surface area contributed by atoms with Gasteiger partial charge < -0.3 is 15.0 Å². The number of H-pyrrole nitrogens is 1. The molecule has 14 heavy (non-hydrogen) atoms. The van der Waals surface area contributed by atoms with Crippen LogP contribution >= 0.6 is 0 Å². The highest BCUT2D eigenvalue weighted by Gasteiger charge is 2.14. The predicted octanol–water partition coefficient (Wildman–Crippen LogP) is -0.639. The SMILES string of the molecule is COCc1nc(N2CCNCC2)n[nH]1. The number of nitrogens with one attached hydrogen (secondary N) is 2. The Morgan fingerprint density at radius 1 is 1.43 bits per heavy atom. The molecule has 0 aromatic carbocycles. The summed E-state index contributed by atoms with van der Waals surface area (Å²) in [5.41, 5.74) is 0. The minimum absolute atomic E-state index is 0.485. The molecule has 1 aromatic heterocycles. The Morgan fingerprint density at radius 2 is 2.21 bits per heavy atom. The maximum Gasteiger partial charge on any atom is 0.244 e. The van der Waals surface area contributed by atoms with Gasteiger partial charge in [-0.15, -0.1) is 5.10 Å². The molecule has 0 spiro atoms. The maximum absolute atomic E-state index is 4.96. The average Bonchev–Trinajstić information content (AvgIpc) is 2.68. The Kier molecular flexibility index (Phi) is 2.95. The third kappa shape index (κ3) is 2.02. The lowest BCUT2D eigenvalue weighted by Gasteiger charge is -2.25. The number of ether oxygens (including phenoxy) is 1. The highest BCUT2D eigenvalue weighted by molar-refractivity contribution is 5.29. The van der Waals surface area contributed by atoms with Crippen molar-refractivity contribution in [3.8, 4) is 0 Å². The lowest BCUT2D eigenvalue weighted by Crippen LogP contribution is -2.44. The first-order chi connectivity index (χ1) is 6.90. The fourth-order valence-corrected chi connectivity index (χ4v) is 1.49. The van der Waals surface area contributed by atoms with Gasteiger partial charge >= 0.3 is 0 Å². The molecule has 1 aliphatic heterocycles. The standard InChI is InChI=1S/C8H15N5O/c1-14-6-7-10-8(12-11-7)13-4-2-9-3-5-13/h9H,2-6H2,1H3,(H,10,11,12). The summed E-state index contributed by atoms with van der Waals surface area (Å²) in [4.78, 5) is 6.49. The number of rotatable bonds is 3. The van der Waals surface area contributed by atoms with E-state index in [2.05, 4.69) is 25.4 Å². The number of hydrogen-bond donors (Lipinski definition) is 2. The van der Waals surface area contributed by atoms with Crippen molar-refractivity contribution >= 4 is 5.95 Å². The van der Waals surface area contributed by atoms with E-state index in [0.29, 0.717) is 6.61 Å². The van der Waals surface area contributed by atoms with Gasteiger partial charge in [-0.05, 0) is 0 Å². The van der Waals surface area contributed by atoms with Crippen LogP contribution in [0.15, 0.2) is 0 Å². The van der Waals surface area contributed by atoms with E-state index in [0.717, 1.165) is 38.0 Å². The molecule has 0 aliphatic carbocycles. The van der Waals surface area contributed by atoms with Gasteiger partial charge in [-0.1, -0.05) is 0 Å². The largest absolute Gasteiger partial charge is 0.377 e. The van der Waals surface area contributed by atoms with Crippen LogP contribution in [0.5, 0.6) is 0 Å². The van der Waals surface area contributed by atoms with Crippen molar-refractivity contribution in [1.29, 1.82) is 0 Å². The second-order valence-corrected chi connectivity index (χ2v) is 3.25. The first kappa shape index (κ1) is 9.42. The van der Waals surface area contributed by atoms with E-state index in [4.69, 9.17) is 4.74 Å². The molecule has 6 nitrogen and oxygen atoms in total. The highest BCUT2D eigenvalue weighted by atomic mass is 16.5. The number of methoxy groups -OCH3 is 1. The van der Waals surface area contributed by atoms with E-state index in [1.54, 1.807) is 7.11 Å². The molecule has 2 rings (SSSR count). The summed E-state index contributed by atoms with van der Waals surface area (Å²) < 4.78 is 4.96. The topological polar surface area (TPSA) is 66.1 Å². The molecule has 78 valence electrons. The van der Waals surface area contributed by atoms with Crippen molar-refractivity contribution in [2.24, 2.45) is 0 Å². The van der Waals surface area contributed by atoms with Gasteiger partial charge in [-0.3, -0.25) is 5.10 Å². The Labute approximate surface area is 82.7 Å². The summed E-state index contributed by atoms with van der Waals surface area (Å²) in [7, 11) is 1.65.